The Bertz CT molecular complexity index is 1290. The van der Waals surface area contributed by atoms with Crippen LogP contribution in [0, 0.1) is 11.6 Å². The number of hydrogen-bond acceptors (Lipinski definition) is 3. The lowest BCUT2D eigenvalue weighted by molar-refractivity contribution is -0.664. The molecule has 1 aromatic heterocycles. The first-order valence-electron chi connectivity index (χ1n) is 11.2. The van der Waals surface area contributed by atoms with Crippen molar-refractivity contribution in [3.05, 3.63) is 89.8 Å². The molecule has 6 N–H and O–H groups in total. The minimum atomic E-state index is -0.908. The first kappa shape index (κ1) is 23.5. The monoisotopic (exact) mass is 464 g/mol. The number of carbonyl (C=O) groups excluding carboxylic acids is 1. The molecule has 6 nitrogen and oxygen atoms in total. The van der Waals surface area contributed by atoms with E-state index in [9.17, 15) is 13.6 Å². The first-order chi connectivity index (χ1) is 16.5. The molecule has 0 saturated carbocycles. The summed E-state index contributed by atoms with van der Waals surface area (Å²) in [5.41, 5.74) is 15.4. The van der Waals surface area contributed by atoms with Gasteiger partial charge in [-0.25, -0.2) is 18.3 Å². The molecular weight excluding hydrogens is 436 g/mol. The summed E-state index contributed by atoms with van der Waals surface area (Å²) in [6.45, 7) is 1.34. The van der Waals surface area contributed by atoms with Gasteiger partial charge >= 0.3 is 11.7 Å². The van der Waals surface area contributed by atoms with E-state index in [1.807, 2.05) is 53.1 Å². The average molecular weight is 465 g/mol. The quantitative estimate of drug-likeness (QED) is 0.286. The number of hydrogen-bond donors (Lipinski definition) is 4. The third-order valence-electron chi connectivity index (χ3n) is 5.77. The van der Waals surface area contributed by atoms with E-state index in [2.05, 4.69) is 10.3 Å². The zero-order chi connectivity index (χ0) is 24.1. The van der Waals surface area contributed by atoms with Crippen molar-refractivity contribution in [1.82, 2.24) is 10.3 Å². The molecule has 4 aromatic rings. The maximum atomic E-state index is 13.8. The molecule has 1 heterocycles. The van der Waals surface area contributed by atoms with Gasteiger partial charge in [0, 0.05) is 12.6 Å². The summed E-state index contributed by atoms with van der Waals surface area (Å²) in [6, 6.07) is 18.9. The van der Waals surface area contributed by atoms with Gasteiger partial charge in [0.05, 0.1) is 0 Å². The van der Waals surface area contributed by atoms with Gasteiger partial charge in [-0.1, -0.05) is 36.4 Å². The molecule has 0 aliphatic rings. The van der Waals surface area contributed by atoms with E-state index in [0.717, 1.165) is 35.5 Å². The van der Waals surface area contributed by atoms with Gasteiger partial charge < -0.3 is 16.8 Å². The van der Waals surface area contributed by atoms with Gasteiger partial charge in [-0.15, -0.1) is 0 Å². The van der Waals surface area contributed by atoms with Crippen molar-refractivity contribution in [2.75, 3.05) is 13.1 Å². The molecular formula is C26H28F2N5O+. The van der Waals surface area contributed by atoms with Crippen molar-refractivity contribution in [3.63, 3.8) is 0 Å². The standard InChI is InChI=1S/C26H27F2N5O/c27-21-10-8-18(13-22(21)28)19-9-11-23-24(14-19)33(16-17-5-2-1-3-6-17)25(32-23)26(34)31-15-20(30)7-4-12-29/h1-3,5-6,8-11,13-14,20H,4,7,12,15-16,29-30H2,(H,31,34)/p+1/t20-/m0/s1. The van der Waals surface area contributed by atoms with Crippen LogP contribution in [0.3, 0.4) is 0 Å². The minimum absolute atomic E-state index is 0.181. The van der Waals surface area contributed by atoms with E-state index >= 15 is 0 Å². The van der Waals surface area contributed by atoms with Gasteiger partial charge in [-0.2, -0.15) is 0 Å². The summed E-state index contributed by atoms with van der Waals surface area (Å²) >= 11 is 0. The highest BCUT2D eigenvalue weighted by Gasteiger charge is 2.26. The summed E-state index contributed by atoms with van der Waals surface area (Å²) in [5, 5.41) is 2.91. The molecule has 0 aliphatic heterocycles. The normalized spacial score (nSPS) is 12.1. The molecule has 0 saturated heterocycles. The van der Waals surface area contributed by atoms with Gasteiger partial charge in [0.2, 0.25) is 0 Å². The van der Waals surface area contributed by atoms with Gasteiger partial charge in [-0.3, -0.25) is 4.79 Å². The van der Waals surface area contributed by atoms with Gasteiger partial charge in [0.15, 0.2) is 22.7 Å². The lowest BCUT2D eigenvalue weighted by Crippen LogP contribution is -2.45. The smallest absolute Gasteiger partial charge is 0.344 e. The van der Waals surface area contributed by atoms with Crippen LogP contribution in [0.25, 0.3) is 22.2 Å². The molecule has 4 rings (SSSR count). The maximum Gasteiger partial charge on any atom is 0.346 e. The predicted octanol–water partition coefficient (Wildman–Crippen LogP) is 3.24. The number of fused-ring (bicyclic) bond motifs is 1. The highest BCUT2D eigenvalue weighted by Crippen LogP contribution is 2.25. The molecule has 0 spiro atoms. The number of nitrogens with zero attached hydrogens (tertiary/aromatic N) is 1. The zero-order valence-corrected chi connectivity index (χ0v) is 18.7. The van der Waals surface area contributed by atoms with Crippen LogP contribution in [0.4, 0.5) is 8.78 Å². The highest BCUT2D eigenvalue weighted by atomic mass is 19.2. The number of amides is 1. The Morgan fingerprint density at radius 1 is 1.00 bits per heavy atom. The van der Waals surface area contributed by atoms with E-state index < -0.39 is 11.6 Å². The molecule has 0 bridgehead atoms. The van der Waals surface area contributed by atoms with E-state index in [1.54, 1.807) is 0 Å². The van der Waals surface area contributed by atoms with E-state index in [-0.39, 0.29) is 11.9 Å². The second-order valence-electron chi connectivity index (χ2n) is 8.31. The summed E-state index contributed by atoms with van der Waals surface area (Å²) in [4.78, 5) is 16.3. The molecule has 1 atom stereocenters. The number of rotatable bonds is 9. The Hall–Kier alpha value is -3.62. The molecule has 176 valence electrons. The minimum Gasteiger partial charge on any atom is -0.344 e. The topological polar surface area (TPSA) is 101 Å². The van der Waals surface area contributed by atoms with Gasteiger partial charge in [0.25, 0.3) is 0 Å². The number of nitrogens with two attached hydrogens (primary N) is 2. The lowest BCUT2D eigenvalue weighted by Gasteiger charge is -2.11. The fourth-order valence-electron chi connectivity index (χ4n) is 3.93. The molecule has 0 radical (unpaired) electrons. The number of H-pyrrole nitrogens is 1. The Balaban J connectivity index is 1.71. The zero-order valence-electron chi connectivity index (χ0n) is 18.7. The fraction of sp³-hybridized carbons (Fsp3) is 0.231. The molecule has 3 aromatic carbocycles. The van der Waals surface area contributed by atoms with Crippen molar-refractivity contribution in [1.29, 1.82) is 0 Å². The molecule has 0 fully saturated rings. The maximum absolute atomic E-state index is 13.8. The lowest BCUT2D eigenvalue weighted by atomic mass is 10.0. The Kier molecular flexibility index (Phi) is 7.30. The van der Waals surface area contributed by atoms with Crippen LogP contribution in [-0.4, -0.2) is 30.0 Å². The largest absolute Gasteiger partial charge is 0.346 e. The third-order valence-corrected chi connectivity index (χ3v) is 5.77. The Morgan fingerprint density at radius 2 is 1.74 bits per heavy atom. The molecule has 34 heavy (non-hydrogen) atoms. The SMILES string of the molecule is NCCC[C@H](N)CNC(=O)c1[nH]c2ccc(-c3ccc(F)c(F)c3)cc2[n+]1Cc1ccccc1. The van der Waals surface area contributed by atoms with E-state index in [4.69, 9.17) is 11.5 Å². The van der Waals surface area contributed by atoms with E-state index in [0.29, 0.717) is 36.6 Å². The first-order valence-corrected chi connectivity index (χ1v) is 11.2. The van der Waals surface area contributed by atoms with Crippen LogP contribution >= 0.6 is 0 Å². The summed E-state index contributed by atoms with van der Waals surface area (Å²) in [5.74, 6) is -1.69. The van der Waals surface area contributed by atoms with Crippen molar-refractivity contribution in [3.8, 4) is 11.1 Å². The highest BCUT2D eigenvalue weighted by molar-refractivity contribution is 5.92. The van der Waals surface area contributed by atoms with Crippen LogP contribution in [0.5, 0.6) is 0 Å². The number of aromatic nitrogens is 2. The number of benzene rings is 3. The van der Waals surface area contributed by atoms with Crippen molar-refractivity contribution in [2.24, 2.45) is 11.5 Å². The van der Waals surface area contributed by atoms with Crippen molar-refractivity contribution < 1.29 is 18.1 Å². The van der Waals surface area contributed by atoms with Crippen LogP contribution in [0.15, 0.2) is 66.7 Å². The molecule has 8 heteroatoms. The average Bonchev–Trinajstić information content (AvgIpc) is 3.21. The van der Waals surface area contributed by atoms with E-state index in [1.165, 1.54) is 12.1 Å². The van der Waals surface area contributed by atoms with Crippen LogP contribution in [0.2, 0.25) is 0 Å². The van der Waals surface area contributed by atoms with Crippen molar-refractivity contribution >= 4 is 16.9 Å². The van der Waals surface area contributed by atoms with Gasteiger partial charge in [-0.05, 0) is 66.4 Å². The predicted molar refractivity (Wildman–Crippen MR) is 128 cm³/mol. The van der Waals surface area contributed by atoms with Crippen LogP contribution < -0.4 is 21.4 Å². The number of carbonyl (C=O) groups is 1. The van der Waals surface area contributed by atoms with Gasteiger partial charge in [0.1, 0.15) is 6.54 Å². The summed E-state index contributed by atoms with van der Waals surface area (Å²) in [7, 11) is 0. The molecule has 0 unspecified atom stereocenters. The number of aromatic amines is 1. The second-order valence-corrected chi connectivity index (χ2v) is 8.31. The number of nitrogens with one attached hydrogen (secondary N) is 2. The van der Waals surface area contributed by atoms with Crippen LogP contribution in [-0.2, 0) is 6.54 Å². The number of imidazole rings is 1. The molecule has 0 aliphatic carbocycles. The Labute approximate surface area is 196 Å². The Morgan fingerprint density at radius 3 is 2.47 bits per heavy atom. The van der Waals surface area contributed by atoms with Crippen molar-refractivity contribution in [2.45, 2.75) is 25.4 Å². The molecule has 1 amide bonds. The second kappa shape index (κ2) is 10.5. The summed E-state index contributed by atoms with van der Waals surface area (Å²) < 4.78 is 29.1. The number of halogens is 2. The fourth-order valence-corrected chi connectivity index (χ4v) is 3.93. The third kappa shape index (κ3) is 5.30. The summed E-state index contributed by atoms with van der Waals surface area (Å²) in [6.07, 6.45) is 1.52. The van der Waals surface area contributed by atoms with Crippen LogP contribution in [0.1, 0.15) is 29.0 Å².